The Morgan fingerprint density at radius 2 is 1.54 bits per heavy atom. The second-order valence-corrected chi connectivity index (χ2v) is 15.2. The van der Waals surface area contributed by atoms with E-state index in [9.17, 15) is 15.0 Å². The molecule has 0 aromatic heterocycles. The minimum absolute atomic E-state index is 0.0415. The van der Waals surface area contributed by atoms with Crippen molar-refractivity contribution in [3.8, 4) is 0 Å². The first-order valence-corrected chi connectivity index (χ1v) is 14.3. The number of methoxy groups -OCH3 is 1. The summed E-state index contributed by atoms with van der Waals surface area (Å²) in [4.78, 5) is 12.9. The molecule has 0 spiro atoms. The largest absolute Gasteiger partial charge is 0.469 e. The lowest BCUT2D eigenvalue weighted by Crippen LogP contribution is -2.65. The van der Waals surface area contributed by atoms with Crippen molar-refractivity contribution in [1.29, 1.82) is 0 Å². The molecule has 2 N–H and O–H groups in total. The highest BCUT2D eigenvalue weighted by Crippen LogP contribution is 2.75. The fraction of sp³-hybridized carbons (Fsp3) is 0.903. The molecule has 0 heterocycles. The van der Waals surface area contributed by atoms with E-state index >= 15 is 0 Å². The summed E-state index contributed by atoms with van der Waals surface area (Å²) in [6.07, 6.45) is 10.7. The van der Waals surface area contributed by atoms with Crippen LogP contribution in [0.3, 0.4) is 0 Å². The fourth-order valence-electron chi connectivity index (χ4n) is 10.9. The second-order valence-electron chi connectivity index (χ2n) is 15.2. The van der Waals surface area contributed by atoms with Crippen molar-refractivity contribution in [1.82, 2.24) is 0 Å². The van der Waals surface area contributed by atoms with Crippen LogP contribution in [0, 0.1) is 50.2 Å². The monoisotopic (exact) mass is 486 g/mol. The molecule has 0 aliphatic heterocycles. The van der Waals surface area contributed by atoms with E-state index in [1.165, 1.54) is 25.5 Å². The number of hydrogen-bond donors (Lipinski definition) is 2. The number of carbonyl (C=O) groups excluding carboxylic acids is 1. The summed E-state index contributed by atoms with van der Waals surface area (Å²) in [7, 11) is 1.48. The molecule has 198 valence electrons. The predicted molar refractivity (Wildman–Crippen MR) is 138 cm³/mol. The van der Waals surface area contributed by atoms with Gasteiger partial charge in [-0.3, -0.25) is 4.79 Å². The molecule has 0 saturated heterocycles. The number of rotatable bonds is 1. The van der Waals surface area contributed by atoms with Gasteiger partial charge < -0.3 is 14.9 Å². The van der Waals surface area contributed by atoms with E-state index in [1.807, 2.05) is 6.92 Å². The summed E-state index contributed by atoms with van der Waals surface area (Å²) in [6.45, 7) is 16.5. The molecule has 5 aliphatic carbocycles. The molecule has 0 aromatic carbocycles. The van der Waals surface area contributed by atoms with Crippen molar-refractivity contribution < 1.29 is 19.7 Å². The first-order valence-electron chi connectivity index (χ1n) is 14.3. The summed E-state index contributed by atoms with van der Waals surface area (Å²) in [6, 6.07) is 0. The third-order valence-electron chi connectivity index (χ3n) is 13.6. The Balaban J connectivity index is 1.58. The molecule has 4 heteroatoms. The molecule has 0 unspecified atom stereocenters. The Labute approximate surface area is 213 Å². The Hall–Kier alpha value is -0.870. The zero-order chi connectivity index (χ0) is 25.8. The van der Waals surface area contributed by atoms with Crippen LogP contribution < -0.4 is 0 Å². The van der Waals surface area contributed by atoms with Crippen molar-refractivity contribution in [2.45, 2.75) is 118 Å². The maximum Gasteiger partial charge on any atom is 0.311 e. The standard InChI is InChI=1S/C31H50O4/c1-26(2)21-11-14-31(7)22(29(21,5)13-12-23(26)32)10-9-19-20-17-27(3,25(34)35-8)18-24(33)28(20,4)15-16-30(19,31)6/h9,20-24,32-33H,10-18H2,1-8H3/t20-,21-,22+,23-,24+,27-,28+,29-,30+,31+/m0/s1. The van der Waals surface area contributed by atoms with Crippen LogP contribution in [0.1, 0.15) is 106 Å². The van der Waals surface area contributed by atoms with E-state index in [2.05, 4.69) is 47.6 Å². The molecule has 0 amide bonds. The van der Waals surface area contributed by atoms with Gasteiger partial charge >= 0.3 is 5.97 Å². The number of fused-ring (bicyclic) bond motifs is 7. The molecule has 0 radical (unpaired) electrons. The van der Waals surface area contributed by atoms with Gasteiger partial charge in [0.1, 0.15) is 0 Å². The van der Waals surface area contributed by atoms with Crippen LogP contribution in [0.5, 0.6) is 0 Å². The third-order valence-corrected chi connectivity index (χ3v) is 13.6. The maximum atomic E-state index is 12.9. The molecule has 35 heavy (non-hydrogen) atoms. The number of allylic oxidation sites excluding steroid dienone is 2. The van der Waals surface area contributed by atoms with Crippen LogP contribution in [-0.4, -0.2) is 35.5 Å². The highest BCUT2D eigenvalue weighted by Gasteiger charge is 2.69. The van der Waals surface area contributed by atoms with Crippen molar-refractivity contribution in [2.24, 2.45) is 50.2 Å². The molecule has 4 saturated carbocycles. The number of aliphatic hydroxyl groups is 2. The zero-order valence-corrected chi connectivity index (χ0v) is 23.5. The molecular formula is C31H50O4. The molecule has 5 rings (SSSR count). The van der Waals surface area contributed by atoms with E-state index in [-0.39, 0.29) is 45.1 Å². The van der Waals surface area contributed by atoms with Gasteiger partial charge in [0.2, 0.25) is 0 Å². The van der Waals surface area contributed by atoms with Crippen molar-refractivity contribution in [2.75, 3.05) is 7.11 Å². The van der Waals surface area contributed by atoms with Crippen LogP contribution >= 0.6 is 0 Å². The minimum Gasteiger partial charge on any atom is -0.469 e. The molecular weight excluding hydrogens is 436 g/mol. The molecule has 4 nitrogen and oxygen atoms in total. The van der Waals surface area contributed by atoms with Crippen molar-refractivity contribution in [3.05, 3.63) is 11.6 Å². The summed E-state index contributed by atoms with van der Waals surface area (Å²) in [5.41, 5.74) is 1.15. The van der Waals surface area contributed by atoms with E-state index in [0.717, 1.165) is 38.5 Å². The quantitative estimate of drug-likeness (QED) is 0.337. The van der Waals surface area contributed by atoms with Gasteiger partial charge in [-0.1, -0.05) is 53.2 Å². The number of aliphatic hydroxyl groups excluding tert-OH is 2. The zero-order valence-electron chi connectivity index (χ0n) is 23.5. The summed E-state index contributed by atoms with van der Waals surface area (Å²) in [5.74, 6) is 1.17. The van der Waals surface area contributed by atoms with E-state index in [0.29, 0.717) is 18.3 Å². The fourth-order valence-corrected chi connectivity index (χ4v) is 10.9. The van der Waals surface area contributed by atoms with Gasteiger partial charge in [-0.25, -0.2) is 0 Å². The van der Waals surface area contributed by atoms with Crippen molar-refractivity contribution in [3.63, 3.8) is 0 Å². The number of ether oxygens (including phenoxy) is 1. The molecule has 4 fully saturated rings. The van der Waals surface area contributed by atoms with E-state index < -0.39 is 11.5 Å². The summed E-state index contributed by atoms with van der Waals surface area (Å²) >= 11 is 0. The molecule has 5 aliphatic rings. The Morgan fingerprint density at radius 1 is 0.857 bits per heavy atom. The van der Waals surface area contributed by atoms with E-state index in [1.54, 1.807) is 0 Å². The first-order chi connectivity index (χ1) is 16.1. The summed E-state index contributed by atoms with van der Waals surface area (Å²) in [5, 5.41) is 22.3. The van der Waals surface area contributed by atoms with Crippen LogP contribution in [-0.2, 0) is 9.53 Å². The third kappa shape index (κ3) is 3.08. The predicted octanol–water partition coefficient (Wildman–Crippen LogP) is 6.29. The minimum atomic E-state index is -0.637. The highest BCUT2D eigenvalue weighted by atomic mass is 16.5. The van der Waals surface area contributed by atoms with Crippen LogP contribution in [0.25, 0.3) is 0 Å². The molecule has 0 bridgehead atoms. The van der Waals surface area contributed by atoms with Gasteiger partial charge in [-0.15, -0.1) is 0 Å². The van der Waals surface area contributed by atoms with Crippen LogP contribution in [0.2, 0.25) is 0 Å². The van der Waals surface area contributed by atoms with Crippen molar-refractivity contribution >= 4 is 5.97 Å². The summed E-state index contributed by atoms with van der Waals surface area (Å²) < 4.78 is 5.23. The van der Waals surface area contributed by atoms with Crippen LogP contribution in [0.4, 0.5) is 0 Å². The molecule has 10 atom stereocenters. The number of carbonyl (C=O) groups is 1. The molecule has 0 aromatic rings. The normalized spacial score (nSPS) is 54.9. The van der Waals surface area contributed by atoms with Gasteiger partial charge in [0.25, 0.3) is 0 Å². The highest BCUT2D eigenvalue weighted by molar-refractivity contribution is 5.76. The lowest BCUT2D eigenvalue weighted by molar-refractivity contribution is -0.209. The van der Waals surface area contributed by atoms with Gasteiger partial charge in [-0.2, -0.15) is 0 Å². The average Bonchev–Trinajstić information content (AvgIpc) is 2.78. The number of hydrogen-bond acceptors (Lipinski definition) is 4. The second kappa shape index (κ2) is 7.59. The van der Waals surface area contributed by atoms with Gasteiger partial charge in [-0.05, 0) is 104 Å². The maximum absolute atomic E-state index is 12.9. The first kappa shape index (κ1) is 25.8. The van der Waals surface area contributed by atoms with Gasteiger partial charge in [0, 0.05) is 5.41 Å². The Kier molecular flexibility index (Phi) is 5.59. The van der Waals surface area contributed by atoms with Gasteiger partial charge in [0.05, 0.1) is 24.7 Å². The van der Waals surface area contributed by atoms with Crippen LogP contribution in [0.15, 0.2) is 11.6 Å². The Morgan fingerprint density at radius 3 is 2.20 bits per heavy atom. The van der Waals surface area contributed by atoms with Gasteiger partial charge in [0.15, 0.2) is 0 Å². The smallest absolute Gasteiger partial charge is 0.311 e. The van der Waals surface area contributed by atoms with E-state index in [4.69, 9.17) is 4.74 Å². The average molecular weight is 487 g/mol. The SMILES string of the molecule is COC(=O)[C@]1(C)C[C@@H](O)[C@]2(C)CC[C@]3(C)C(=CC[C@@H]4[C@@]5(C)CC[C@H](O)C(C)(C)[C@@H]5CC[C@]43C)[C@@H]2C1. The topological polar surface area (TPSA) is 66.8 Å². The Bertz CT molecular complexity index is 938. The lowest BCUT2D eigenvalue weighted by Gasteiger charge is -2.71. The lowest BCUT2D eigenvalue weighted by atomic mass is 9.33. The number of esters is 1.